The Bertz CT molecular complexity index is 707. The highest BCUT2D eigenvalue weighted by Gasteiger charge is 2.27. The standard InChI is InChI=1S/C23H35N3O4/c1-23(2,3)29-20(27)15-18(12-7-11-17-9-5-4-6-10-17)22(28)30-26-21(24)19-13-8-14-25-16-19/h8,13-14,16-18H,4-7,9-12,15H2,1-3H3,(H2,24,26)/t18-/m1/s1. The number of esters is 1. The Hall–Kier alpha value is -2.44. The zero-order chi connectivity index (χ0) is 22.0. The summed E-state index contributed by atoms with van der Waals surface area (Å²) in [5, 5.41) is 3.75. The van der Waals surface area contributed by atoms with Gasteiger partial charge in [0.1, 0.15) is 5.60 Å². The zero-order valence-electron chi connectivity index (χ0n) is 18.4. The average Bonchev–Trinajstić information content (AvgIpc) is 2.71. The maximum absolute atomic E-state index is 12.7. The van der Waals surface area contributed by atoms with E-state index in [1.54, 1.807) is 39.1 Å². The van der Waals surface area contributed by atoms with Gasteiger partial charge in [-0.25, -0.2) is 4.79 Å². The molecule has 0 saturated heterocycles. The van der Waals surface area contributed by atoms with Gasteiger partial charge in [0.05, 0.1) is 12.3 Å². The molecule has 1 saturated carbocycles. The van der Waals surface area contributed by atoms with Crippen molar-refractivity contribution >= 4 is 17.8 Å². The van der Waals surface area contributed by atoms with Crippen molar-refractivity contribution in [3.8, 4) is 0 Å². The van der Waals surface area contributed by atoms with Crippen molar-refractivity contribution in [2.45, 2.75) is 84.2 Å². The molecule has 2 N–H and O–H groups in total. The predicted octanol–water partition coefficient (Wildman–Crippen LogP) is 4.34. The number of carbonyl (C=O) groups excluding carboxylic acids is 2. The smallest absolute Gasteiger partial charge is 0.338 e. The minimum absolute atomic E-state index is 0.0247. The Labute approximate surface area is 179 Å². The van der Waals surface area contributed by atoms with Crippen LogP contribution in [0.5, 0.6) is 0 Å². The molecule has 2 rings (SSSR count). The van der Waals surface area contributed by atoms with Crippen LogP contribution >= 0.6 is 0 Å². The fourth-order valence-corrected chi connectivity index (χ4v) is 3.75. The van der Waals surface area contributed by atoms with E-state index in [0.717, 1.165) is 18.8 Å². The molecule has 1 atom stereocenters. The van der Waals surface area contributed by atoms with Crippen molar-refractivity contribution in [3.63, 3.8) is 0 Å². The molecular weight excluding hydrogens is 382 g/mol. The van der Waals surface area contributed by atoms with E-state index in [0.29, 0.717) is 12.0 Å². The van der Waals surface area contributed by atoms with Crippen LogP contribution in [0.4, 0.5) is 0 Å². The Kier molecular flexibility index (Phi) is 9.27. The molecule has 0 bridgehead atoms. The second-order valence-corrected chi connectivity index (χ2v) is 9.05. The van der Waals surface area contributed by atoms with E-state index in [1.807, 2.05) is 0 Å². The summed E-state index contributed by atoms with van der Waals surface area (Å²) in [7, 11) is 0. The third-order valence-corrected chi connectivity index (χ3v) is 5.25. The number of amidine groups is 1. The van der Waals surface area contributed by atoms with E-state index >= 15 is 0 Å². The van der Waals surface area contributed by atoms with Crippen LogP contribution in [0.3, 0.4) is 0 Å². The molecule has 0 spiro atoms. The predicted molar refractivity (Wildman–Crippen MR) is 115 cm³/mol. The molecule has 1 aliphatic carbocycles. The maximum atomic E-state index is 12.7. The van der Waals surface area contributed by atoms with E-state index in [2.05, 4.69) is 10.1 Å². The number of aromatic nitrogens is 1. The van der Waals surface area contributed by atoms with Gasteiger partial charge >= 0.3 is 11.9 Å². The van der Waals surface area contributed by atoms with Crippen LogP contribution in [0.2, 0.25) is 0 Å². The fourth-order valence-electron chi connectivity index (χ4n) is 3.75. The van der Waals surface area contributed by atoms with Crippen LogP contribution in [0.1, 0.15) is 84.1 Å². The molecule has 166 valence electrons. The molecule has 1 aliphatic rings. The molecule has 1 fully saturated rings. The minimum atomic E-state index is -0.603. The van der Waals surface area contributed by atoms with E-state index < -0.39 is 23.5 Å². The first-order valence-corrected chi connectivity index (χ1v) is 10.9. The SMILES string of the molecule is CC(C)(C)OC(=O)C[C@@H](CCCC1CCCCC1)C(=O)O/N=C(\N)c1cccnc1. The summed E-state index contributed by atoms with van der Waals surface area (Å²) >= 11 is 0. The Morgan fingerprint density at radius 2 is 2.00 bits per heavy atom. The van der Waals surface area contributed by atoms with Gasteiger partial charge in [0.2, 0.25) is 0 Å². The van der Waals surface area contributed by atoms with Gasteiger partial charge in [0.15, 0.2) is 5.84 Å². The number of ether oxygens (including phenoxy) is 1. The number of nitrogens with zero attached hydrogens (tertiary/aromatic N) is 2. The second kappa shape index (κ2) is 11.7. The van der Waals surface area contributed by atoms with Crippen molar-refractivity contribution in [1.82, 2.24) is 4.98 Å². The van der Waals surface area contributed by atoms with Crippen molar-refractivity contribution in [2.24, 2.45) is 22.7 Å². The summed E-state index contributed by atoms with van der Waals surface area (Å²) in [6.45, 7) is 5.42. The molecule has 1 heterocycles. The third kappa shape index (κ3) is 8.93. The molecule has 7 heteroatoms. The highest BCUT2D eigenvalue weighted by molar-refractivity contribution is 5.97. The van der Waals surface area contributed by atoms with Crippen LogP contribution in [-0.2, 0) is 19.2 Å². The number of nitrogens with two attached hydrogens (primary N) is 1. The summed E-state index contributed by atoms with van der Waals surface area (Å²) < 4.78 is 5.39. The number of hydrogen-bond donors (Lipinski definition) is 1. The number of oxime groups is 1. The van der Waals surface area contributed by atoms with Crippen molar-refractivity contribution in [1.29, 1.82) is 0 Å². The normalized spacial score (nSPS) is 16.7. The quantitative estimate of drug-likeness (QED) is 0.211. The summed E-state index contributed by atoms with van der Waals surface area (Å²) in [6, 6.07) is 3.44. The molecule has 0 amide bonds. The van der Waals surface area contributed by atoms with Crippen molar-refractivity contribution in [3.05, 3.63) is 30.1 Å². The van der Waals surface area contributed by atoms with E-state index in [4.69, 9.17) is 15.3 Å². The molecular formula is C23H35N3O4. The molecule has 7 nitrogen and oxygen atoms in total. The lowest BCUT2D eigenvalue weighted by atomic mass is 9.84. The summed E-state index contributed by atoms with van der Waals surface area (Å²) in [5.74, 6) is -0.789. The summed E-state index contributed by atoms with van der Waals surface area (Å²) in [6.07, 6.45) is 12.0. The highest BCUT2D eigenvalue weighted by Crippen LogP contribution is 2.29. The lowest BCUT2D eigenvalue weighted by molar-refractivity contribution is -0.161. The molecule has 1 aromatic heterocycles. The van der Waals surface area contributed by atoms with Crippen LogP contribution in [0.25, 0.3) is 0 Å². The molecule has 0 aliphatic heterocycles. The van der Waals surface area contributed by atoms with E-state index in [-0.39, 0.29) is 12.3 Å². The number of carbonyl (C=O) groups is 2. The lowest BCUT2D eigenvalue weighted by Gasteiger charge is -2.23. The number of pyridine rings is 1. The molecule has 0 unspecified atom stereocenters. The Morgan fingerprint density at radius 1 is 1.27 bits per heavy atom. The first kappa shape index (κ1) is 23.8. The molecule has 0 radical (unpaired) electrons. The number of hydrogen-bond acceptors (Lipinski definition) is 6. The van der Waals surface area contributed by atoms with E-state index in [9.17, 15) is 9.59 Å². The molecule has 30 heavy (non-hydrogen) atoms. The van der Waals surface area contributed by atoms with Crippen molar-refractivity contribution < 1.29 is 19.2 Å². The largest absolute Gasteiger partial charge is 0.460 e. The van der Waals surface area contributed by atoms with Crippen LogP contribution in [-0.4, -0.2) is 28.4 Å². The molecule has 1 aromatic rings. The van der Waals surface area contributed by atoms with Gasteiger partial charge in [0, 0.05) is 18.0 Å². The van der Waals surface area contributed by atoms with Gasteiger partial charge in [-0.05, 0) is 45.2 Å². The number of rotatable bonds is 9. The Morgan fingerprint density at radius 3 is 2.63 bits per heavy atom. The lowest BCUT2D eigenvalue weighted by Crippen LogP contribution is -2.28. The summed E-state index contributed by atoms with van der Waals surface area (Å²) in [4.78, 5) is 34.0. The third-order valence-electron chi connectivity index (χ3n) is 5.25. The minimum Gasteiger partial charge on any atom is -0.460 e. The maximum Gasteiger partial charge on any atom is 0.338 e. The average molecular weight is 418 g/mol. The van der Waals surface area contributed by atoms with Crippen LogP contribution < -0.4 is 5.73 Å². The first-order valence-electron chi connectivity index (χ1n) is 10.9. The van der Waals surface area contributed by atoms with Gasteiger partial charge in [-0.1, -0.05) is 50.1 Å². The second-order valence-electron chi connectivity index (χ2n) is 9.05. The van der Waals surface area contributed by atoms with Gasteiger partial charge in [-0.15, -0.1) is 0 Å². The first-order chi connectivity index (χ1) is 14.2. The topological polar surface area (TPSA) is 104 Å². The zero-order valence-corrected chi connectivity index (χ0v) is 18.4. The Balaban J connectivity index is 1.95. The van der Waals surface area contributed by atoms with Crippen LogP contribution in [0.15, 0.2) is 29.7 Å². The van der Waals surface area contributed by atoms with Crippen molar-refractivity contribution in [2.75, 3.05) is 0 Å². The summed E-state index contributed by atoms with van der Waals surface area (Å²) in [5.41, 5.74) is 5.83. The van der Waals surface area contributed by atoms with Crippen LogP contribution in [0, 0.1) is 11.8 Å². The van der Waals surface area contributed by atoms with E-state index in [1.165, 1.54) is 38.3 Å². The fraction of sp³-hybridized carbons (Fsp3) is 0.652. The van der Waals surface area contributed by atoms with Gasteiger partial charge < -0.3 is 15.3 Å². The van der Waals surface area contributed by atoms with Gasteiger partial charge in [0.25, 0.3) is 0 Å². The van der Waals surface area contributed by atoms with Gasteiger partial charge in [-0.3, -0.25) is 9.78 Å². The van der Waals surface area contributed by atoms with Gasteiger partial charge in [-0.2, -0.15) is 0 Å². The molecule has 0 aromatic carbocycles. The monoisotopic (exact) mass is 417 g/mol. The highest BCUT2D eigenvalue weighted by atomic mass is 16.7.